The molecule has 0 aliphatic rings. The molecule has 0 atom stereocenters. The first kappa shape index (κ1) is 13.7. The van der Waals surface area contributed by atoms with Crippen molar-refractivity contribution >= 4 is 34.8 Å². The first-order valence-electron chi connectivity index (χ1n) is 5.50. The summed E-state index contributed by atoms with van der Waals surface area (Å²) in [6.45, 7) is 0. The highest BCUT2D eigenvalue weighted by Crippen LogP contribution is 2.24. The molecule has 3 nitrogen and oxygen atoms in total. The molecule has 0 saturated heterocycles. The van der Waals surface area contributed by atoms with E-state index in [2.05, 4.69) is 5.32 Å². The van der Waals surface area contributed by atoms with Crippen LogP contribution in [0.5, 0.6) is 5.75 Å². The van der Waals surface area contributed by atoms with Crippen LogP contribution in [0.25, 0.3) is 0 Å². The normalized spacial score (nSPS) is 10.1. The van der Waals surface area contributed by atoms with Crippen molar-refractivity contribution in [3.05, 3.63) is 58.1 Å². The maximum absolute atomic E-state index is 12.2. The Morgan fingerprint density at radius 1 is 1.11 bits per heavy atom. The van der Waals surface area contributed by atoms with Gasteiger partial charge in [0.25, 0.3) is 5.91 Å². The van der Waals surface area contributed by atoms with Crippen molar-refractivity contribution in [2.75, 3.05) is 12.4 Å². The molecule has 1 amide bonds. The van der Waals surface area contributed by atoms with Crippen molar-refractivity contribution in [3.63, 3.8) is 0 Å². The third-order valence-corrected chi connectivity index (χ3v) is 2.96. The predicted molar refractivity (Wildman–Crippen MR) is 77.4 cm³/mol. The van der Waals surface area contributed by atoms with Gasteiger partial charge in [0.2, 0.25) is 0 Å². The first-order chi connectivity index (χ1) is 9.10. The van der Waals surface area contributed by atoms with Crippen LogP contribution < -0.4 is 10.1 Å². The summed E-state index contributed by atoms with van der Waals surface area (Å²) in [7, 11) is 1.50. The van der Waals surface area contributed by atoms with E-state index in [1.807, 2.05) is 0 Å². The minimum absolute atomic E-state index is 0.304. The third-order valence-electron chi connectivity index (χ3n) is 2.49. The van der Waals surface area contributed by atoms with Crippen LogP contribution in [0.1, 0.15) is 10.4 Å². The van der Waals surface area contributed by atoms with Crippen molar-refractivity contribution in [2.45, 2.75) is 0 Å². The van der Waals surface area contributed by atoms with Crippen molar-refractivity contribution in [2.24, 2.45) is 0 Å². The highest BCUT2D eigenvalue weighted by Gasteiger charge is 2.13. The molecule has 0 radical (unpaired) electrons. The quantitative estimate of drug-likeness (QED) is 0.919. The monoisotopic (exact) mass is 295 g/mol. The van der Waals surface area contributed by atoms with E-state index in [0.29, 0.717) is 27.0 Å². The van der Waals surface area contributed by atoms with E-state index in [1.165, 1.54) is 7.11 Å². The molecule has 0 aromatic heterocycles. The van der Waals surface area contributed by atoms with Crippen LogP contribution in [0.15, 0.2) is 42.5 Å². The predicted octanol–water partition coefficient (Wildman–Crippen LogP) is 4.25. The Hall–Kier alpha value is -1.71. The average Bonchev–Trinajstić information content (AvgIpc) is 2.38. The van der Waals surface area contributed by atoms with Gasteiger partial charge >= 0.3 is 0 Å². The fourth-order valence-electron chi connectivity index (χ4n) is 1.62. The van der Waals surface area contributed by atoms with E-state index < -0.39 is 0 Å². The number of hydrogen-bond acceptors (Lipinski definition) is 2. The maximum Gasteiger partial charge on any atom is 0.259 e. The molecule has 0 fully saturated rings. The lowest BCUT2D eigenvalue weighted by atomic mass is 10.2. The van der Waals surface area contributed by atoms with E-state index in [4.69, 9.17) is 27.9 Å². The number of anilines is 1. The second-order valence-corrected chi connectivity index (χ2v) is 4.68. The van der Waals surface area contributed by atoms with Gasteiger partial charge in [-0.2, -0.15) is 0 Å². The number of methoxy groups -OCH3 is 1. The molecule has 5 heteroatoms. The fourth-order valence-corrected chi connectivity index (χ4v) is 1.98. The van der Waals surface area contributed by atoms with Crippen LogP contribution in [0.2, 0.25) is 10.0 Å². The zero-order chi connectivity index (χ0) is 13.8. The van der Waals surface area contributed by atoms with Crippen LogP contribution >= 0.6 is 23.2 Å². The lowest BCUT2D eigenvalue weighted by Crippen LogP contribution is -2.13. The molecule has 0 saturated carbocycles. The molecule has 1 N–H and O–H groups in total. The molecule has 0 aliphatic carbocycles. The molecule has 0 heterocycles. The number of rotatable bonds is 3. The Morgan fingerprint density at radius 2 is 1.84 bits per heavy atom. The Labute approximate surface area is 121 Å². The smallest absolute Gasteiger partial charge is 0.259 e. The van der Waals surface area contributed by atoms with E-state index in [0.717, 1.165) is 0 Å². The summed E-state index contributed by atoms with van der Waals surface area (Å²) < 4.78 is 5.14. The van der Waals surface area contributed by atoms with Crippen molar-refractivity contribution in [1.29, 1.82) is 0 Å². The molecule has 98 valence electrons. The van der Waals surface area contributed by atoms with Crippen molar-refractivity contribution in [1.82, 2.24) is 0 Å². The number of hydrogen-bond donors (Lipinski definition) is 1. The van der Waals surface area contributed by atoms with Gasteiger partial charge in [-0.1, -0.05) is 29.3 Å². The minimum atomic E-state index is -0.304. The fraction of sp³-hybridized carbons (Fsp3) is 0.0714. The highest BCUT2D eigenvalue weighted by atomic mass is 35.5. The van der Waals surface area contributed by atoms with E-state index >= 15 is 0 Å². The number of carbonyl (C=O) groups is 1. The minimum Gasteiger partial charge on any atom is -0.496 e. The summed E-state index contributed by atoms with van der Waals surface area (Å²) in [4.78, 5) is 12.2. The van der Waals surface area contributed by atoms with Gasteiger partial charge in [0.15, 0.2) is 0 Å². The Balaban J connectivity index is 2.27. The molecule has 0 bridgehead atoms. The Bertz CT molecular complexity index is 614. The Kier molecular flexibility index (Phi) is 4.30. The second kappa shape index (κ2) is 5.95. The van der Waals surface area contributed by atoms with Gasteiger partial charge < -0.3 is 10.1 Å². The lowest BCUT2D eigenvalue weighted by molar-refractivity contribution is 0.102. The molecule has 0 unspecified atom stereocenters. The molecular formula is C14H11Cl2NO2. The van der Waals surface area contributed by atoms with Gasteiger partial charge in [0.05, 0.1) is 12.7 Å². The van der Waals surface area contributed by atoms with Gasteiger partial charge in [-0.05, 0) is 36.4 Å². The van der Waals surface area contributed by atoms with Gasteiger partial charge in [-0.3, -0.25) is 4.79 Å². The zero-order valence-electron chi connectivity index (χ0n) is 10.1. The SMILES string of the molecule is COc1ccc(Cl)cc1C(=O)Nc1cccc(Cl)c1. The Morgan fingerprint density at radius 3 is 2.53 bits per heavy atom. The topological polar surface area (TPSA) is 38.3 Å². The number of nitrogens with one attached hydrogen (secondary N) is 1. The van der Waals surface area contributed by atoms with Gasteiger partial charge in [0, 0.05) is 15.7 Å². The number of halogens is 2. The lowest BCUT2D eigenvalue weighted by Gasteiger charge is -2.09. The first-order valence-corrected chi connectivity index (χ1v) is 6.26. The molecule has 2 aromatic rings. The standard InChI is InChI=1S/C14H11Cl2NO2/c1-19-13-6-5-10(16)8-12(13)14(18)17-11-4-2-3-9(15)7-11/h2-8H,1H3,(H,17,18). The highest BCUT2D eigenvalue weighted by molar-refractivity contribution is 6.31. The summed E-state index contributed by atoms with van der Waals surface area (Å²) in [5.41, 5.74) is 0.981. The zero-order valence-corrected chi connectivity index (χ0v) is 11.6. The molecule has 19 heavy (non-hydrogen) atoms. The molecule has 2 rings (SSSR count). The van der Waals surface area contributed by atoms with E-state index in [-0.39, 0.29) is 5.91 Å². The number of ether oxygens (including phenoxy) is 1. The number of benzene rings is 2. The van der Waals surface area contributed by atoms with Crippen LogP contribution in [0, 0.1) is 0 Å². The van der Waals surface area contributed by atoms with Gasteiger partial charge in [-0.25, -0.2) is 0 Å². The maximum atomic E-state index is 12.2. The molecular weight excluding hydrogens is 285 g/mol. The van der Waals surface area contributed by atoms with E-state index in [9.17, 15) is 4.79 Å². The van der Waals surface area contributed by atoms with Gasteiger partial charge in [0.1, 0.15) is 5.75 Å². The van der Waals surface area contributed by atoms with Crippen LogP contribution in [0.3, 0.4) is 0 Å². The third kappa shape index (κ3) is 3.40. The average molecular weight is 296 g/mol. The number of carbonyl (C=O) groups excluding carboxylic acids is 1. The summed E-state index contributed by atoms with van der Waals surface area (Å²) in [6, 6.07) is 11.8. The second-order valence-electron chi connectivity index (χ2n) is 3.81. The van der Waals surface area contributed by atoms with Crippen molar-refractivity contribution in [3.8, 4) is 5.75 Å². The van der Waals surface area contributed by atoms with Gasteiger partial charge in [-0.15, -0.1) is 0 Å². The van der Waals surface area contributed by atoms with Crippen LogP contribution in [-0.4, -0.2) is 13.0 Å². The molecule has 2 aromatic carbocycles. The largest absolute Gasteiger partial charge is 0.496 e. The summed E-state index contributed by atoms with van der Waals surface area (Å²) >= 11 is 11.8. The van der Waals surface area contributed by atoms with Crippen LogP contribution in [-0.2, 0) is 0 Å². The summed E-state index contributed by atoms with van der Waals surface area (Å²) in [5, 5.41) is 3.76. The summed E-state index contributed by atoms with van der Waals surface area (Å²) in [6.07, 6.45) is 0. The van der Waals surface area contributed by atoms with Crippen molar-refractivity contribution < 1.29 is 9.53 Å². The summed E-state index contributed by atoms with van der Waals surface area (Å²) in [5.74, 6) is 0.158. The number of amides is 1. The molecule has 0 spiro atoms. The van der Waals surface area contributed by atoms with Crippen LogP contribution in [0.4, 0.5) is 5.69 Å². The molecule has 0 aliphatic heterocycles. The van der Waals surface area contributed by atoms with E-state index in [1.54, 1.807) is 42.5 Å².